The number of H-pyrrole nitrogens is 1. The lowest BCUT2D eigenvalue weighted by atomic mass is 10.1. The van der Waals surface area contributed by atoms with Crippen molar-refractivity contribution in [1.29, 1.82) is 0 Å². The summed E-state index contributed by atoms with van der Waals surface area (Å²) in [6.07, 6.45) is -0.961. The number of carbonyl (C=O) groups is 2. The smallest absolute Gasteiger partial charge is 0.339 e. The fraction of sp³-hybridized carbons (Fsp3) is 0.160. The van der Waals surface area contributed by atoms with Crippen molar-refractivity contribution in [2.24, 2.45) is 0 Å². The summed E-state index contributed by atoms with van der Waals surface area (Å²) in [5.41, 5.74) is 5.40. The maximum absolute atomic E-state index is 12.9. The van der Waals surface area contributed by atoms with Gasteiger partial charge in [0.15, 0.2) is 6.10 Å². The predicted molar refractivity (Wildman–Crippen MR) is 121 cm³/mol. The van der Waals surface area contributed by atoms with Gasteiger partial charge >= 0.3 is 5.97 Å². The summed E-state index contributed by atoms with van der Waals surface area (Å²) >= 11 is 0. The molecule has 0 aliphatic carbocycles. The molecule has 3 aromatic carbocycles. The van der Waals surface area contributed by atoms with Crippen molar-refractivity contribution < 1.29 is 14.3 Å². The molecule has 0 saturated heterocycles. The van der Waals surface area contributed by atoms with Gasteiger partial charge in [-0.05, 0) is 62.2 Å². The van der Waals surface area contributed by atoms with Gasteiger partial charge in [-0.3, -0.25) is 4.79 Å². The Kier molecular flexibility index (Phi) is 5.54. The van der Waals surface area contributed by atoms with E-state index >= 15 is 0 Å². The summed E-state index contributed by atoms with van der Waals surface area (Å²) in [5.74, 6) is -0.403. The molecule has 1 heterocycles. The zero-order chi connectivity index (χ0) is 22.0. The number of carbonyl (C=O) groups excluding carboxylic acids is 2. The molecule has 0 fully saturated rings. The third-order valence-electron chi connectivity index (χ3n) is 4.93. The molecule has 0 saturated carbocycles. The molecule has 156 valence electrons. The molecule has 1 aromatic heterocycles. The molecule has 0 aliphatic rings. The lowest BCUT2D eigenvalue weighted by Crippen LogP contribution is -2.30. The van der Waals surface area contributed by atoms with Crippen LogP contribution >= 0.6 is 0 Å². The van der Waals surface area contributed by atoms with E-state index in [4.69, 9.17) is 4.74 Å². The van der Waals surface area contributed by atoms with Gasteiger partial charge < -0.3 is 15.0 Å². The van der Waals surface area contributed by atoms with Crippen LogP contribution in [-0.4, -0.2) is 27.9 Å². The highest BCUT2D eigenvalue weighted by Crippen LogP contribution is 2.25. The van der Waals surface area contributed by atoms with Crippen LogP contribution in [0.3, 0.4) is 0 Å². The average molecular weight is 413 g/mol. The van der Waals surface area contributed by atoms with Gasteiger partial charge in [0.1, 0.15) is 5.82 Å². The SMILES string of the molecule is Cc1cc(C)cc(NC(=O)C(C)OC(=O)c2ccccc2-c2nc3ccccc3[nH]2)c1. The number of esters is 1. The van der Waals surface area contributed by atoms with Crippen molar-refractivity contribution in [2.75, 3.05) is 5.32 Å². The molecule has 0 spiro atoms. The van der Waals surface area contributed by atoms with Crippen LogP contribution in [0.5, 0.6) is 0 Å². The number of aromatic nitrogens is 2. The lowest BCUT2D eigenvalue weighted by Gasteiger charge is -2.15. The normalized spacial score (nSPS) is 11.8. The van der Waals surface area contributed by atoms with Crippen molar-refractivity contribution in [3.8, 4) is 11.4 Å². The number of fused-ring (bicyclic) bond motifs is 1. The van der Waals surface area contributed by atoms with E-state index < -0.39 is 12.1 Å². The number of amides is 1. The van der Waals surface area contributed by atoms with Crippen LogP contribution < -0.4 is 5.32 Å². The van der Waals surface area contributed by atoms with Gasteiger partial charge in [0, 0.05) is 11.3 Å². The molecule has 6 heteroatoms. The molecular formula is C25H23N3O3. The second-order valence-electron chi connectivity index (χ2n) is 7.56. The predicted octanol–water partition coefficient (Wildman–Crippen LogP) is 5.03. The van der Waals surface area contributed by atoms with E-state index in [1.807, 2.05) is 62.4 Å². The summed E-state index contributed by atoms with van der Waals surface area (Å²) in [5, 5.41) is 2.81. The van der Waals surface area contributed by atoms with Gasteiger partial charge in [-0.25, -0.2) is 9.78 Å². The first kappa shape index (κ1) is 20.3. The number of imidazole rings is 1. The van der Waals surface area contributed by atoms with Gasteiger partial charge in [-0.15, -0.1) is 0 Å². The number of benzene rings is 3. The van der Waals surface area contributed by atoms with E-state index in [9.17, 15) is 9.59 Å². The first-order chi connectivity index (χ1) is 14.9. The van der Waals surface area contributed by atoms with E-state index in [0.717, 1.165) is 22.2 Å². The van der Waals surface area contributed by atoms with Crippen LogP contribution in [-0.2, 0) is 9.53 Å². The van der Waals surface area contributed by atoms with Crippen LogP contribution in [0, 0.1) is 13.8 Å². The van der Waals surface area contributed by atoms with E-state index in [0.29, 0.717) is 22.6 Å². The lowest BCUT2D eigenvalue weighted by molar-refractivity contribution is -0.123. The molecule has 1 atom stereocenters. The van der Waals surface area contributed by atoms with E-state index in [-0.39, 0.29) is 5.91 Å². The van der Waals surface area contributed by atoms with Crippen molar-refractivity contribution in [3.63, 3.8) is 0 Å². The third kappa shape index (κ3) is 4.48. The number of ether oxygens (including phenoxy) is 1. The number of aromatic amines is 1. The molecule has 1 amide bonds. The minimum atomic E-state index is -0.961. The Balaban J connectivity index is 1.52. The molecule has 1 unspecified atom stereocenters. The standard InChI is InChI=1S/C25H23N3O3/c1-15-12-16(2)14-18(13-15)26-24(29)17(3)31-25(30)20-9-5-4-8-19(20)23-27-21-10-6-7-11-22(21)28-23/h4-14,17H,1-3H3,(H,26,29)(H,27,28). The molecular weight excluding hydrogens is 390 g/mol. The fourth-order valence-corrected chi connectivity index (χ4v) is 3.52. The number of rotatable bonds is 5. The fourth-order valence-electron chi connectivity index (χ4n) is 3.52. The molecule has 0 aliphatic heterocycles. The Morgan fingerprint density at radius 2 is 1.65 bits per heavy atom. The molecule has 0 radical (unpaired) electrons. The summed E-state index contributed by atoms with van der Waals surface area (Å²) in [6.45, 7) is 5.47. The first-order valence-electron chi connectivity index (χ1n) is 10.0. The quantitative estimate of drug-likeness (QED) is 0.450. The van der Waals surface area contributed by atoms with Gasteiger partial charge in [0.25, 0.3) is 5.91 Å². The van der Waals surface area contributed by atoms with E-state index in [2.05, 4.69) is 15.3 Å². The van der Waals surface area contributed by atoms with Crippen LogP contribution in [0.2, 0.25) is 0 Å². The first-order valence-corrected chi connectivity index (χ1v) is 10.0. The Hall–Kier alpha value is -3.93. The second kappa shape index (κ2) is 8.44. The number of nitrogens with zero attached hydrogens (tertiary/aromatic N) is 1. The average Bonchev–Trinajstić information content (AvgIpc) is 3.17. The van der Waals surface area contributed by atoms with Gasteiger partial charge in [-0.2, -0.15) is 0 Å². The van der Waals surface area contributed by atoms with Gasteiger partial charge in [0.05, 0.1) is 16.6 Å². The maximum atomic E-state index is 12.9. The molecule has 4 rings (SSSR count). The highest BCUT2D eigenvalue weighted by atomic mass is 16.5. The summed E-state index contributed by atoms with van der Waals surface area (Å²) < 4.78 is 5.47. The number of anilines is 1. The van der Waals surface area contributed by atoms with E-state index in [1.165, 1.54) is 0 Å². The highest BCUT2D eigenvalue weighted by molar-refractivity contribution is 6.00. The van der Waals surface area contributed by atoms with E-state index in [1.54, 1.807) is 25.1 Å². The Morgan fingerprint density at radius 1 is 0.968 bits per heavy atom. The monoisotopic (exact) mass is 413 g/mol. The van der Waals surface area contributed by atoms with Crippen LogP contribution in [0.4, 0.5) is 5.69 Å². The van der Waals surface area contributed by atoms with Gasteiger partial charge in [0.2, 0.25) is 0 Å². The maximum Gasteiger partial charge on any atom is 0.339 e. The minimum Gasteiger partial charge on any atom is -0.449 e. The molecule has 4 aromatic rings. The number of para-hydroxylation sites is 2. The molecule has 6 nitrogen and oxygen atoms in total. The highest BCUT2D eigenvalue weighted by Gasteiger charge is 2.22. The van der Waals surface area contributed by atoms with Crippen LogP contribution in [0.1, 0.15) is 28.4 Å². The van der Waals surface area contributed by atoms with Crippen molar-refractivity contribution in [3.05, 3.63) is 83.4 Å². The number of hydrogen-bond acceptors (Lipinski definition) is 4. The Morgan fingerprint density at radius 3 is 2.39 bits per heavy atom. The van der Waals surface area contributed by atoms with Crippen molar-refractivity contribution in [1.82, 2.24) is 9.97 Å². The van der Waals surface area contributed by atoms with Crippen molar-refractivity contribution >= 4 is 28.6 Å². The van der Waals surface area contributed by atoms with Gasteiger partial charge in [-0.1, -0.05) is 36.4 Å². The zero-order valence-corrected chi connectivity index (χ0v) is 17.6. The summed E-state index contributed by atoms with van der Waals surface area (Å²) in [7, 11) is 0. The minimum absolute atomic E-state index is 0.340. The molecule has 0 bridgehead atoms. The largest absolute Gasteiger partial charge is 0.449 e. The Labute approximate surface area is 180 Å². The molecule has 2 N–H and O–H groups in total. The van der Waals surface area contributed by atoms with Crippen LogP contribution in [0.25, 0.3) is 22.4 Å². The topological polar surface area (TPSA) is 84.1 Å². The molecule has 31 heavy (non-hydrogen) atoms. The summed E-state index contributed by atoms with van der Waals surface area (Å²) in [6, 6.07) is 20.5. The zero-order valence-electron chi connectivity index (χ0n) is 17.6. The number of nitrogens with one attached hydrogen (secondary N) is 2. The third-order valence-corrected chi connectivity index (χ3v) is 4.93. The van der Waals surface area contributed by atoms with Crippen LogP contribution in [0.15, 0.2) is 66.7 Å². The number of hydrogen-bond donors (Lipinski definition) is 2. The second-order valence-corrected chi connectivity index (χ2v) is 7.56. The van der Waals surface area contributed by atoms with Crippen molar-refractivity contribution in [2.45, 2.75) is 26.9 Å². The number of aryl methyl sites for hydroxylation is 2. The Bertz CT molecular complexity index is 1220. The summed E-state index contributed by atoms with van der Waals surface area (Å²) in [4.78, 5) is 33.3.